The predicted octanol–water partition coefficient (Wildman–Crippen LogP) is 11.1. The Bertz CT molecular complexity index is 2090. The van der Waals surface area contributed by atoms with Crippen molar-refractivity contribution in [2.45, 2.75) is 65.7 Å². The molecule has 1 fully saturated rings. The Labute approximate surface area is 319 Å². The van der Waals surface area contributed by atoms with Crippen LogP contribution in [0.5, 0.6) is 5.75 Å². The van der Waals surface area contributed by atoms with Crippen LogP contribution in [0.15, 0.2) is 126 Å². The van der Waals surface area contributed by atoms with E-state index in [1.165, 1.54) is 6.08 Å². The van der Waals surface area contributed by atoms with E-state index in [0.717, 1.165) is 39.8 Å². The molecule has 0 aromatic heterocycles. The molecule has 278 valence electrons. The van der Waals surface area contributed by atoms with Crippen LogP contribution in [0.2, 0.25) is 5.02 Å². The van der Waals surface area contributed by atoms with Gasteiger partial charge in [0, 0.05) is 23.1 Å². The number of nitrogens with one attached hydrogen (secondary N) is 1. The van der Waals surface area contributed by atoms with Crippen LogP contribution in [0.3, 0.4) is 0 Å². The molecule has 5 nitrogen and oxygen atoms in total. The number of sulfone groups is 1. The standard InChI is InChI=1S/C45H49ClFNO4S/c1-7-12-38-37(19-20-44(45(38)47)52-8-2)36(25-30(3)4)29-35-15-11-13-31(5)26-40(32(35)6)42(48)28-34-17-18-39(41(46)27-34)43(49)16-10-9-14-33-21-23-53(50,51)24-22-33/h7,10-11,13,15-20,25,27,33,48H,1,3,6,8-9,12,14,21-24,28-29H2,2,4-5H3/b13-11-,16-10+,35-15-,36-25+,48-42?. The minimum absolute atomic E-state index is 0.195. The number of allylic oxidation sites excluding steroid dienone is 12. The fourth-order valence-corrected chi connectivity index (χ4v) is 8.43. The number of rotatable bonds is 16. The van der Waals surface area contributed by atoms with E-state index < -0.39 is 15.7 Å². The Hall–Kier alpha value is -4.55. The van der Waals surface area contributed by atoms with Crippen molar-refractivity contribution >= 4 is 38.5 Å². The molecule has 1 N–H and O–H groups in total. The number of benzene rings is 2. The maximum Gasteiger partial charge on any atom is 0.187 e. The average Bonchev–Trinajstić information content (AvgIpc) is 3.09. The van der Waals surface area contributed by atoms with Crippen LogP contribution in [-0.2, 0) is 22.7 Å². The molecule has 0 spiro atoms. The maximum atomic E-state index is 15.7. The van der Waals surface area contributed by atoms with Gasteiger partial charge in [-0.2, -0.15) is 0 Å². The Morgan fingerprint density at radius 3 is 2.53 bits per heavy atom. The van der Waals surface area contributed by atoms with E-state index in [1.54, 1.807) is 30.3 Å². The van der Waals surface area contributed by atoms with Gasteiger partial charge in [-0.1, -0.05) is 78.9 Å². The van der Waals surface area contributed by atoms with E-state index in [1.807, 2.05) is 57.2 Å². The summed E-state index contributed by atoms with van der Waals surface area (Å²) in [6.45, 7) is 18.3. The molecule has 2 aliphatic rings. The number of ketones is 1. The summed E-state index contributed by atoms with van der Waals surface area (Å²) in [6.07, 6.45) is 16.6. The van der Waals surface area contributed by atoms with Gasteiger partial charge in [0.2, 0.25) is 0 Å². The van der Waals surface area contributed by atoms with Gasteiger partial charge < -0.3 is 10.1 Å². The SMILES string of the molecule is C=CCc1c(/C(=C/C(=C)C)C/C2=C/C=C\C(C)=C=C(C(=N)Cc3ccc(C(=O)/C=C/CCC4CCS(=O)(=O)CC4)c(Cl)c3)C2=C)ccc(OCC)c1F. The molecule has 0 atom stereocenters. The second kappa shape index (κ2) is 19.0. The number of hydrogen-bond acceptors (Lipinski definition) is 5. The van der Waals surface area contributed by atoms with Crippen LogP contribution < -0.4 is 4.74 Å². The summed E-state index contributed by atoms with van der Waals surface area (Å²) in [7, 11) is -2.89. The van der Waals surface area contributed by atoms with Gasteiger partial charge in [-0.3, -0.25) is 4.79 Å². The fourth-order valence-electron chi connectivity index (χ4n) is 6.55. The molecule has 2 aromatic rings. The van der Waals surface area contributed by atoms with Crippen LogP contribution in [0.1, 0.15) is 79.9 Å². The first-order chi connectivity index (χ1) is 25.2. The summed E-state index contributed by atoms with van der Waals surface area (Å²) in [5, 5.41) is 9.49. The molecule has 1 saturated heterocycles. The summed E-state index contributed by atoms with van der Waals surface area (Å²) in [4.78, 5) is 13.0. The predicted molar refractivity (Wildman–Crippen MR) is 218 cm³/mol. The van der Waals surface area contributed by atoms with Crippen molar-refractivity contribution in [3.05, 3.63) is 159 Å². The van der Waals surface area contributed by atoms with Crippen molar-refractivity contribution in [1.29, 1.82) is 5.41 Å². The highest BCUT2D eigenvalue weighted by Gasteiger charge is 2.23. The average molecular weight is 754 g/mol. The summed E-state index contributed by atoms with van der Waals surface area (Å²) in [5.74, 6) is 0.417. The second-order valence-electron chi connectivity index (χ2n) is 13.6. The number of carbonyl (C=O) groups excluding carboxylic acids is 1. The molecule has 8 heteroatoms. The van der Waals surface area contributed by atoms with E-state index in [0.29, 0.717) is 71.9 Å². The normalized spacial score (nSPS) is 17.9. The summed E-state index contributed by atoms with van der Waals surface area (Å²) < 4.78 is 44.6. The summed E-state index contributed by atoms with van der Waals surface area (Å²) in [5.41, 5.74) is 10.5. The molecule has 4 rings (SSSR count). The molecule has 0 amide bonds. The van der Waals surface area contributed by atoms with E-state index in [9.17, 15) is 18.6 Å². The zero-order valence-corrected chi connectivity index (χ0v) is 32.6. The lowest BCUT2D eigenvalue weighted by atomic mass is 9.85. The van der Waals surface area contributed by atoms with Gasteiger partial charge in [-0.25, -0.2) is 12.8 Å². The highest BCUT2D eigenvalue weighted by molar-refractivity contribution is 7.91. The zero-order valence-electron chi connectivity index (χ0n) is 31.0. The molecular weight excluding hydrogens is 705 g/mol. The van der Waals surface area contributed by atoms with Gasteiger partial charge in [0.15, 0.2) is 17.3 Å². The first-order valence-corrected chi connectivity index (χ1v) is 20.2. The van der Waals surface area contributed by atoms with Gasteiger partial charge in [0.05, 0.1) is 28.8 Å². The highest BCUT2D eigenvalue weighted by atomic mass is 35.5. The highest BCUT2D eigenvalue weighted by Crippen LogP contribution is 2.36. The van der Waals surface area contributed by atoms with Crippen LogP contribution >= 0.6 is 11.6 Å². The largest absolute Gasteiger partial charge is 0.491 e. The molecule has 2 aromatic carbocycles. The molecular formula is C45H49ClFNO4S. The minimum Gasteiger partial charge on any atom is -0.491 e. The Morgan fingerprint density at radius 1 is 1.15 bits per heavy atom. The first-order valence-electron chi connectivity index (χ1n) is 18.0. The summed E-state index contributed by atoms with van der Waals surface area (Å²) in [6, 6.07) is 8.73. The van der Waals surface area contributed by atoms with Crippen molar-refractivity contribution in [1.82, 2.24) is 0 Å². The molecule has 1 aliphatic heterocycles. The quantitative estimate of drug-likeness (QED) is 0.0462. The van der Waals surface area contributed by atoms with Crippen molar-refractivity contribution in [2.75, 3.05) is 18.1 Å². The molecule has 0 bridgehead atoms. The molecule has 1 aliphatic carbocycles. The topological polar surface area (TPSA) is 84.3 Å². The molecule has 0 unspecified atom stereocenters. The monoisotopic (exact) mass is 753 g/mol. The van der Waals surface area contributed by atoms with Crippen molar-refractivity contribution in [2.24, 2.45) is 5.92 Å². The van der Waals surface area contributed by atoms with E-state index in [-0.39, 0.29) is 35.2 Å². The smallest absolute Gasteiger partial charge is 0.187 e. The Kier molecular flexibility index (Phi) is 14.8. The van der Waals surface area contributed by atoms with Gasteiger partial charge in [-0.05, 0) is 123 Å². The number of carbonyl (C=O) groups is 1. The number of ether oxygens (including phenoxy) is 1. The fraction of sp³-hybridized carbons (Fsp3) is 0.311. The van der Waals surface area contributed by atoms with Gasteiger partial charge in [-0.15, -0.1) is 12.3 Å². The van der Waals surface area contributed by atoms with Gasteiger partial charge in [0.25, 0.3) is 0 Å². The minimum atomic E-state index is -2.89. The van der Waals surface area contributed by atoms with Crippen LogP contribution in [0, 0.1) is 17.1 Å². The van der Waals surface area contributed by atoms with Crippen LogP contribution in [-0.4, -0.2) is 38.0 Å². The molecule has 1 heterocycles. The van der Waals surface area contributed by atoms with E-state index in [4.69, 9.17) is 16.3 Å². The van der Waals surface area contributed by atoms with Crippen molar-refractivity contribution in [3.8, 4) is 5.75 Å². The molecule has 53 heavy (non-hydrogen) atoms. The number of hydrogen-bond donors (Lipinski definition) is 1. The zero-order chi connectivity index (χ0) is 38.7. The van der Waals surface area contributed by atoms with E-state index >= 15 is 4.39 Å². The number of halogens is 2. The van der Waals surface area contributed by atoms with Crippen molar-refractivity contribution < 1.29 is 22.3 Å². The van der Waals surface area contributed by atoms with Gasteiger partial charge in [0.1, 0.15) is 9.84 Å². The molecule has 0 saturated carbocycles. The Morgan fingerprint density at radius 2 is 1.87 bits per heavy atom. The summed E-state index contributed by atoms with van der Waals surface area (Å²) >= 11 is 6.61. The third-order valence-electron chi connectivity index (χ3n) is 9.33. The van der Waals surface area contributed by atoms with Gasteiger partial charge >= 0.3 is 0 Å². The Balaban J connectivity index is 1.51. The third kappa shape index (κ3) is 11.5. The lowest BCUT2D eigenvalue weighted by molar-refractivity contribution is 0.104. The van der Waals surface area contributed by atoms with Crippen LogP contribution in [0.4, 0.5) is 4.39 Å². The van der Waals surface area contributed by atoms with Crippen LogP contribution in [0.25, 0.3) is 5.57 Å². The lowest BCUT2D eigenvalue weighted by Crippen LogP contribution is -2.23. The lowest BCUT2D eigenvalue weighted by Gasteiger charge is -2.20. The third-order valence-corrected chi connectivity index (χ3v) is 11.4. The van der Waals surface area contributed by atoms with E-state index in [2.05, 4.69) is 25.5 Å². The maximum absolute atomic E-state index is 15.7. The first kappa shape index (κ1) is 41.2. The second-order valence-corrected chi connectivity index (χ2v) is 16.4. The van der Waals surface area contributed by atoms with Crippen molar-refractivity contribution in [3.63, 3.8) is 0 Å². The molecule has 0 radical (unpaired) electrons.